The van der Waals surface area contributed by atoms with E-state index in [0.717, 1.165) is 5.69 Å². The van der Waals surface area contributed by atoms with Crippen LogP contribution >= 0.6 is 11.3 Å². The van der Waals surface area contributed by atoms with Gasteiger partial charge in [-0.05, 0) is 23.6 Å². The van der Waals surface area contributed by atoms with Crippen molar-refractivity contribution in [1.82, 2.24) is 9.13 Å². The molecule has 25 heavy (non-hydrogen) atoms. The molecule has 0 aliphatic carbocycles. The highest BCUT2D eigenvalue weighted by Crippen LogP contribution is 2.30. The summed E-state index contributed by atoms with van der Waals surface area (Å²) in [6.07, 6.45) is 0. The molecule has 0 fully saturated rings. The summed E-state index contributed by atoms with van der Waals surface area (Å²) in [6, 6.07) is 7.07. The number of benzene rings is 1. The summed E-state index contributed by atoms with van der Waals surface area (Å²) in [5, 5.41) is 4.73. The smallest absolute Gasteiger partial charge is 0.316 e. The van der Waals surface area contributed by atoms with E-state index in [1.165, 1.54) is 20.5 Å². The lowest BCUT2D eigenvalue weighted by Gasteiger charge is -2.20. The molecule has 0 unspecified atom stereocenters. The number of anilines is 2. The highest BCUT2D eigenvalue weighted by Gasteiger charge is 2.16. The van der Waals surface area contributed by atoms with Gasteiger partial charge in [-0.2, -0.15) is 0 Å². The molecule has 1 N–H and O–H groups in total. The molecular weight excluding hydrogens is 340 g/mol. The second-order valence-corrected chi connectivity index (χ2v) is 6.86. The van der Waals surface area contributed by atoms with Crippen LogP contribution in [0, 0.1) is 0 Å². The highest BCUT2D eigenvalue weighted by molar-refractivity contribution is 7.12. The highest BCUT2D eigenvalue weighted by atomic mass is 32.1. The van der Waals surface area contributed by atoms with Gasteiger partial charge in [-0.1, -0.05) is 6.07 Å². The SMILES string of the molecule is CN(C)c1cc2c(cc1NC(=O)c1cccs1)n(C)c(=O)c(=O)n2C. The van der Waals surface area contributed by atoms with Crippen LogP contribution in [0.4, 0.5) is 11.4 Å². The Labute approximate surface area is 147 Å². The van der Waals surface area contributed by atoms with Gasteiger partial charge in [-0.25, -0.2) is 0 Å². The average molecular weight is 358 g/mol. The fourth-order valence-corrected chi connectivity index (χ4v) is 3.29. The molecule has 2 heterocycles. The van der Waals surface area contributed by atoms with Crippen LogP contribution in [0.2, 0.25) is 0 Å². The molecule has 0 aliphatic rings. The number of aromatic nitrogens is 2. The molecule has 130 valence electrons. The topological polar surface area (TPSA) is 76.3 Å². The molecule has 0 bridgehead atoms. The first-order valence-electron chi connectivity index (χ1n) is 7.57. The van der Waals surface area contributed by atoms with Gasteiger partial charge < -0.3 is 19.4 Å². The Morgan fingerprint density at radius 3 is 2.20 bits per heavy atom. The van der Waals surface area contributed by atoms with Crippen LogP contribution in [0.5, 0.6) is 0 Å². The van der Waals surface area contributed by atoms with Crippen molar-refractivity contribution in [2.24, 2.45) is 14.1 Å². The van der Waals surface area contributed by atoms with Gasteiger partial charge in [0.1, 0.15) is 0 Å². The van der Waals surface area contributed by atoms with Crippen LogP contribution < -0.4 is 21.3 Å². The van der Waals surface area contributed by atoms with E-state index in [9.17, 15) is 14.4 Å². The first-order valence-corrected chi connectivity index (χ1v) is 8.45. The van der Waals surface area contributed by atoms with Crippen LogP contribution in [0.1, 0.15) is 9.67 Å². The monoisotopic (exact) mass is 358 g/mol. The zero-order valence-corrected chi connectivity index (χ0v) is 15.2. The van der Waals surface area contributed by atoms with Gasteiger partial charge in [0.15, 0.2) is 0 Å². The number of hydrogen-bond acceptors (Lipinski definition) is 5. The zero-order valence-electron chi connectivity index (χ0n) is 14.4. The largest absolute Gasteiger partial charge is 0.376 e. The normalized spacial score (nSPS) is 10.9. The molecule has 0 aliphatic heterocycles. The summed E-state index contributed by atoms with van der Waals surface area (Å²) in [5.41, 5.74) is 1.30. The predicted molar refractivity (Wildman–Crippen MR) is 101 cm³/mol. The Morgan fingerprint density at radius 1 is 1.08 bits per heavy atom. The third-order valence-corrected chi connectivity index (χ3v) is 4.95. The Kier molecular flexibility index (Phi) is 4.22. The molecular formula is C17H18N4O3S. The molecule has 0 saturated heterocycles. The van der Waals surface area contributed by atoms with Crippen molar-refractivity contribution < 1.29 is 4.79 Å². The molecule has 0 saturated carbocycles. The lowest BCUT2D eigenvalue weighted by atomic mass is 10.2. The maximum absolute atomic E-state index is 12.4. The molecule has 3 rings (SSSR count). The third-order valence-electron chi connectivity index (χ3n) is 4.08. The van der Waals surface area contributed by atoms with Gasteiger partial charge in [0, 0.05) is 28.2 Å². The number of thiophene rings is 1. The summed E-state index contributed by atoms with van der Waals surface area (Å²) in [6.45, 7) is 0. The number of fused-ring (bicyclic) bond motifs is 1. The molecule has 0 radical (unpaired) electrons. The van der Waals surface area contributed by atoms with E-state index in [-0.39, 0.29) is 5.91 Å². The van der Waals surface area contributed by atoms with Crippen molar-refractivity contribution in [2.75, 3.05) is 24.3 Å². The van der Waals surface area contributed by atoms with Crippen LogP contribution in [-0.2, 0) is 14.1 Å². The van der Waals surface area contributed by atoms with E-state index in [1.54, 1.807) is 32.3 Å². The number of hydrogen-bond donors (Lipinski definition) is 1. The minimum Gasteiger partial charge on any atom is -0.376 e. The van der Waals surface area contributed by atoms with Gasteiger partial charge in [0.25, 0.3) is 5.91 Å². The second-order valence-electron chi connectivity index (χ2n) is 5.91. The van der Waals surface area contributed by atoms with Gasteiger partial charge in [-0.3, -0.25) is 14.4 Å². The van der Waals surface area contributed by atoms with Gasteiger partial charge in [0.05, 0.1) is 27.3 Å². The Morgan fingerprint density at radius 2 is 1.68 bits per heavy atom. The van der Waals surface area contributed by atoms with E-state index < -0.39 is 11.1 Å². The van der Waals surface area contributed by atoms with E-state index in [0.29, 0.717) is 21.6 Å². The summed E-state index contributed by atoms with van der Waals surface area (Å²) < 4.78 is 2.63. The van der Waals surface area contributed by atoms with Gasteiger partial charge >= 0.3 is 11.1 Å². The quantitative estimate of drug-likeness (QED) is 0.722. The van der Waals surface area contributed by atoms with Crippen LogP contribution in [0.15, 0.2) is 39.2 Å². The Bertz CT molecular complexity index is 1080. The molecule has 0 spiro atoms. The number of nitrogens with one attached hydrogen (secondary N) is 1. The van der Waals surface area contributed by atoms with Crippen molar-refractivity contribution >= 4 is 39.7 Å². The van der Waals surface area contributed by atoms with Crippen molar-refractivity contribution in [3.63, 3.8) is 0 Å². The first-order chi connectivity index (χ1) is 11.8. The predicted octanol–water partition coefficient (Wildman–Crippen LogP) is 1.62. The summed E-state index contributed by atoms with van der Waals surface area (Å²) in [7, 11) is 6.81. The van der Waals surface area contributed by atoms with Crippen molar-refractivity contribution in [2.45, 2.75) is 0 Å². The Balaban J connectivity index is 2.24. The molecule has 7 nitrogen and oxygen atoms in total. The number of aryl methyl sites for hydroxylation is 2. The molecule has 2 aromatic heterocycles. The van der Waals surface area contributed by atoms with Crippen molar-refractivity contribution in [3.05, 3.63) is 55.2 Å². The third kappa shape index (κ3) is 2.85. The van der Waals surface area contributed by atoms with Crippen LogP contribution in [-0.4, -0.2) is 29.1 Å². The fourth-order valence-electron chi connectivity index (χ4n) is 2.67. The lowest BCUT2D eigenvalue weighted by molar-refractivity contribution is 0.103. The standard InChI is InChI=1S/C17H18N4O3S/c1-19(2)11-9-13-12(20(3)16(23)17(24)21(13)4)8-10(11)18-15(22)14-6-5-7-25-14/h5-9H,1-4H3,(H,18,22). The maximum atomic E-state index is 12.4. The number of nitrogens with zero attached hydrogens (tertiary/aromatic N) is 3. The minimum atomic E-state index is -0.608. The molecule has 0 atom stereocenters. The van der Waals surface area contributed by atoms with E-state index in [1.807, 2.05) is 30.4 Å². The number of amides is 1. The minimum absolute atomic E-state index is 0.215. The first kappa shape index (κ1) is 17.0. The van der Waals surface area contributed by atoms with E-state index >= 15 is 0 Å². The Hall–Kier alpha value is -2.87. The zero-order chi connectivity index (χ0) is 18.3. The molecule has 1 aromatic carbocycles. The lowest BCUT2D eigenvalue weighted by Crippen LogP contribution is -2.39. The van der Waals surface area contributed by atoms with Crippen LogP contribution in [0.25, 0.3) is 11.0 Å². The van der Waals surface area contributed by atoms with Crippen molar-refractivity contribution in [1.29, 1.82) is 0 Å². The van der Waals surface area contributed by atoms with Crippen LogP contribution in [0.3, 0.4) is 0 Å². The second kappa shape index (κ2) is 6.21. The summed E-state index contributed by atoms with van der Waals surface area (Å²) >= 11 is 1.35. The molecule has 8 heteroatoms. The number of carbonyl (C=O) groups excluding carboxylic acids is 1. The summed E-state index contributed by atoms with van der Waals surface area (Å²) in [5.74, 6) is -0.215. The van der Waals surface area contributed by atoms with Gasteiger partial charge in [0.2, 0.25) is 0 Å². The maximum Gasteiger partial charge on any atom is 0.316 e. The van der Waals surface area contributed by atoms with E-state index in [2.05, 4.69) is 5.32 Å². The van der Waals surface area contributed by atoms with Crippen molar-refractivity contribution in [3.8, 4) is 0 Å². The van der Waals surface area contributed by atoms with E-state index in [4.69, 9.17) is 0 Å². The number of rotatable bonds is 3. The van der Waals surface area contributed by atoms with Gasteiger partial charge in [-0.15, -0.1) is 11.3 Å². The fraction of sp³-hybridized carbons (Fsp3) is 0.235. The molecule has 3 aromatic rings. The average Bonchev–Trinajstić information content (AvgIpc) is 3.12. The number of carbonyl (C=O) groups is 1. The molecule has 1 amide bonds. The summed E-state index contributed by atoms with van der Waals surface area (Å²) in [4.78, 5) is 39.0.